The molecule has 1 saturated carbocycles. The van der Waals surface area contributed by atoms with Crippen LogP contribution in [0.25, 0.3) is 0 Å². The van der Waals surface area contributed by atoms with Crippen LogP contribution in [0.4, 0.5) is 4.39 Å². The molecule has 0 radical (unpaired) electrons. The Kier molecular flexibility index (Phi) is 3.07. The fourth-order valence-corrected chi connectivity index (χ4v) is 2.76. The fraction of sp³-hybridized carbons (Fsp3) is 0.533. The highest BCUT2D eigenvalue weighted by Crippen LogP contribution is 2.38. The normalized spacial score (nSPS) is 25.8. The van der Waals surface area contributed by atoms with E-state index in [1.165, 1.54) is 26.0 Å². The molecule has 0 spiro atoms. The molecule has 0 amide bonds. The number of benzene rings is 1. The van der Waals surface area contributed by atoms with Gasteiger partial charge in [-0.15, -0.1) is 0 Å². The third-order valence-corrected chi connectivity index (χ3v) is 4.33. The Morgan fingerprint density at radius 2 is 2.25 bits per heavy atom. The lowest BCUT2D eigenvalue weighted by molar-refractivity contribution is 0.216. The minimum Gasteiger partial charge on any atom is -0.494 e. The molecule has 3 rings (SSSR count). The number of guanidine groups is 1. The first-order valence-corrected chi connectivity index (χ1v) is 6.96. The number of nitrogens with zero attached hydrogens (tertiary/aromatic N) is 2. The van der Waals surface area contributed by atoms with Gasteiger partial charge in [-0.25, -0.2) is 4.39 Å². The van der Waals surface area contributed by atoms with E-state index in [1.54, 1.807) is 6.07 Å². The van der Waals surface area contributed by atoms with Crippen LogP contribution in [0.3, 0.4) is 0 Å². The maximum Gasteiger partial charge on any atom is 0.192 e. The summed E-state index contributed by atoms with van der Waals surface area (Å²) in [5.41, 5.74) is 6.55. The molecule has 1 heterocycles. The van der Waals surface area contributed by atoms with Gasteiger partial charge in [0.15, 0.2) is 17.5 Å². The number of methoxy groups -OCH3 is 1. The molecule has 20 heavy (non-hydrogen) atoms. The summed E-state index contributed by atoms with van der Waals surface area (Å²) in [5, 5.41) is 0. The van der Waals surface area contributed by atoms with Crippen molar-refractivity contribution in [2.24, 2.45) is 16.6 Å². The third kappa shape index (κ3) is 2.11. The van der Waals surface area contributed by atoms with Crippen molar-refractivity contribution < 1.29 is 9.13 Å². The van der Waals surface area contributed by atoms with Gasteiger partial charge in [-0.3, -0.25) is 4.99 Å². The van der Waals surface area contributed by atoms with Crippen molar-refractivity contribution in [2.75, 3.05) is 20.2 Å². The lowest BCUT2D eigenvalue weighted by Crippen LogP contribution is -2.48. The van der Waals surface area contributed by atoms with E-state index in [2.05, 4.69) is 16.8 Å². The fourth-order valence-electron chi connectivity index (χ4n) is 2.76. The zero-order valence-electron chi connectivity index (χ0n) is 11.9. The zero-order valence-corrected chi connectivity index (χ0v) is 11.9. The lowest BCUT2D eigenvalue weighted by Gasteiger charge is -2.37. The second kappa shape index (κ2) is 4.65. The summed E-state index contributed by atoms with van der Waals surface area (Å²) < 4.78 is 18.9. The molecule has 0 aromatic heterocycles. The van der Waals surface area contributed by atoms with Gasteiger partial charge in [0, 0.05) is 6.54 Å². The average molecular weight is 277 g/mol. The number of halogens is 1. The zero-order chi connectivity index (χ0) is 14.3. The molecule has 1 fully saturated rings. The van der Waals surface area contributed by atoms with Gasteiger partial charge in [0.25, 0.3) is 0 Å². The van der Waals surface area contributed by atoms with Crippen molar-refractivity contribution in [3.05, 3.63) is 29.6 Å². The summed E-state index contributed by atoms with van der Waals surface area (Å²) in [7, 11) is 1.47. The Balaban J connectivity index is 1.92. The minimum absolute atomic E-state index is 0.262. The van der Waals surface area contributed by atoms with E-state index in [0.717, 1.165) is 12.1 Å². The maximum absolute atomic E-state index is 14.0. The number of hydrogen-bond donors (Lipinski definition) is 1. The van der Waals surface area contributed by atoms with E-state index < -0.39 is 0 Å². The van der Waals surface area contributed by atoms with E-state index in [9.17, 15) is 4.39 Å². The SMILES string of the molecule is COc1ccc(C2(C)CN=C(N)N2CC2CC2)cc1F. The number of ether oxygens (including phenoxy) is 1. The summed E-state index contributed by atoms with van der Waals surface area (Å²) in [5.74, 6) is 1.18. The van der Waals surface area contributed by atoms with E-state index in [4.69, 9.17) is 10.5 Å². The molecule has 1 aromatic rings. The van der Waals surface area contributed by atoms with Crippen LogP contribution >= 0.6 is 0 Å². The molecule has 1 aromatic carbocycles. The van der Waals surface area contributed by atoms with Crippen molar-refractivity contribution in [2.45, 2.75) is 25.3 Å². The molecule has 1 atom stereocenters. The van der Waals surface area contributed by atoms with Gasteiger partial charge < -0.3 is 15.4 Å². The summed E-state index contributed by atoms with van der Waals surface area (Å²) in [6.45, 7) is 3.54. The summed E-state index contributed by atoms with van der Waals surface area (Å²) >= 11 is 0. The molecule has 108 valence electrons. The van der Waals surface area contributed by atoms with Crippen LogP contribution in [-0.2, 0) is 5.54 Å². The number of rotatable bonds is 4. The van der Waals surface area contributed by atoms with Crippen molar-refractivity contribution in [3.8, 4) is 5.75 Å². The second-order valence-corrected chi connectivity index (χ2v) is 5.85. The highest BCUT2D eigenvalue weighted by atomic mass is 19.1. The van der Waals surface area contributed by atoms with Crippen LogP contribution in [-0.4, -0.2) is 31.1 Å². The minimum atomic E-state index is -0.361. The molecule has 1 unspecified atom stereocenters. The van der Waals surface area contributed by atoms with Crippen molar-refractivity contribution in [3.63, 3.8) is 0 Å². The monoisotopic (exact) mass is 277 g/mol. The molecule has 2 aliphatic rings. The quantitative estimate of drug-likeness (QED) is 0.917. The molecular formula is C15H20FN3O. The Labute approximate surface area is 118 Å². The molecule has 2 N–H and O–H groups in total. The summed E-state index contributed by atoms with van der Waals surface area (Å²) in [4.78, 5) is 6.48. The maximum atomic E-state index is 14.0. The topological polar surface area (TPSA) is 50.9 Å². The van der Waals surface area contributed by atoms with E-state index in [1.807, 2.05) is 6.07 Å². The van der Waals surface area contributed by atoms with Gasteiger partial charge in [0.05, 0.1) is 19.2 Å². The summed E-state index contributed by atoms with van der Waals surface area (Å²) in [6.07, 6.45) is 2.49. The van der Waals surface area contributed by atoms with Gasteiger partial charge in [-0.05, 0) is 43.4 Å². The van der Waals surface area contributed by atoms with Gasteiger partial charge >= 0.3 is 0 Å². The third-order valence-electron chi connectivity index (χ3n) is 4.33. The van der Waals surface area contributed by atoms with Gasteiger partial charge in [-0.1, -0.05) is 6.07 Å². The molecular weight excluding hydrogens is 257 g/mol. The largest absolute Gasteiger partial charge is 0.494 e. The van der Waals surface area contributed by atoms with Gasteiger partial charge in [-0.2, -0.15) is 0 Å². The number of nitrogens with two attached hydrogens (primary N) is 1. The van der Waals surface area contributed by atoms with Gasteiger partial charge in [0.2, 0.25) is 0 Å². The first-order valence-electron chi connectivity index (χ1n) is 6.96. The van der Waals surface area contributed by atoms with Crippen LogP contribution < -0.4 is 10.5 Å². The average Bonchev–Trinajstić information content (AvgIpc) is 3.21. The molecule has 1 aliphatic heterocycles. The van der Waals surface area contributed by atoms with Crippen LogP contribution in [0.1, 0.15) is 25.3 Å². The Morgan fingerprint density at radius 1 is 1.50 bits per heavy atom. The van der Waals surface area contributed by atoms with Gasteiger partial charge in [0.1, 0.15) is 0 Å². The van der Waals surface area contributed by atoms with Crippen LogP contribution in [0.15, 0.2) is 23.2 Å². The highest BCUT2D eigenvalue weighted by Gasteiger charge is 2.42. The Morgan fingerprint density at radius 3 is 2.85 bits per heavy atom. The second-order valence-electron chi connectivity index (χ2n) is 5.85. The molecule has 4 nitrogen and oxygen atoms in total. The van der Waals surface area contributed by atoms with E-state index >= 15 is 0 Å². The molecule has 0 bridgehead atoms. The molecule has 1 aliphatic carbocycles. The predicted octanol–water partition coefficient (Wildman–Crippen LogP) is 2.09. The number of aliphatic imine (C=N–C) groups is 1. The molecule has 5 heteroatoms. The first kappa shape index (κ1) is 13.2. The lowest BCUT2D eigenvalue weighted by atomic mass is 9.90. The van der Waals surface area contributed by atoms with Crippen LogP contribution in [0.2, 0.25) is 0 Å². The van der Waals surface area contributed by atoms with Crippen molar-refractivity contribution in [1.82, 2.24) is 4.90 Å². The highest BCUT2D eigenvalue weighted by molar-refractivity contribution is 5.81. The van der Waals surface area contributed by atoms with E-state index in [-0.39, 0.29) is 17.1 Å². The summed E-state index contributed by atoms with van der Waals surface area (Å²) in [6, 6.07) is 5.10. The van der Waals surface area contributed by atoms with Crippen LogP contribution in [0, 0.1) is 11.7 Å². The standard InChI is InChI=1S/C15H20FN3O/c1-15(11-5-6-13(20-2)12(16)7-11)9-18-14(17)19(15)8-10-3-4-10/h5-7,10H,3-4,8-9H2,1-2H3,(H2,17,18). The number of hydrogen-bond acceptors (Lipinski definition) is 4. The first-order chi connectivity index (χ1) is 9.54. The molecule has 0 saturated heterocycles. The predicted molar refractivity (Wildman–Crippen MR) is 76.2 cm³/mol. The van der Waals surface area contributed by atoms with Crippen molar-refractivity contribution >= 4 is 5.96 Å². The Hall–Kier alpha value is -1.78. The van der Waals surface area contributed by atoms with Crippen LogP contribution in [0.5, 0.6) is 5.75 Å². The van der Waals surface area contributed by atoms with E-state index in [0.29, 0.717) is 18.4 Å². The Bertz CT molecular complexity index is 556. The smallest absolute Gasteiger partial charge is 0.192 e. The van der Waals surface area contributed by atoms with Crippen molar-refractivity contribution in [1.29, 1.82) is 0 Å².